The molecule has 0 unspecified atom stereocenters. The Hall–Kier alpha value is -2.60. The molecule has 0 heterocycles. The van der Waals surface area contributed by atoms with Crippen LogP contribution in [0.3, 0.4) is 0 Å². The van der Waals surface area contributed by atoms with E-state index in [1.165, 1.54) is 0 Å². The Labute approximate surface area is 148 Å². The zero-order valence-electron chi connectivity index (χ0n) is 14.2. The molecule has 0 saturated carbocycles. The molecule has 0 saturated heterocycles. The van der Waals surface area contributed by atoms with Gasteiger partial charge in [-0.1, -0.05) is 35.9 Å². The van der Waals surface area contributed by atoms with Gasteiger partial charge in [0.1, 0.15) is 5.75 Å². The summed E-state index contributed by atoms with van der Waals surface area (Å²) < 4.78 is 30.4. The van der Waals surface area contributed by atoms with E-state index in [9.17, 15) is 8.42 Å². The summed E-state index contributed by atoms with van der Waals surface area (Å²) in [6.07, 6.45) is 4.88. The Morgan fingerprint density at radius 3 is 2.60 bits per heavy atom. The van der Waals surface area contributed by atoms with Crippen molar-refractivity contribution in [3.63, 3.8) is 0 Å². The van der Waals surface area contributed by atoms with Crippen molar-refractivity contribution in [2.24, 2.45) is 5.10 Å². The first kappa shape index (κ1) is 17.2. The average molecular weight is 356 g/mol. The summed E-state index contributed by atoms with van der Waals surface area (Å²) in [4.78, 5) is 2.54. The van der Waals surface area contributed by atoms with Crippen LogP contribution in [0.25, 0.3) is 0 Å². The summed E-state index contributed by atoms with van der Waals surface area (Å²) in [5, 5.41) is 4.18. The van der Waals surface area contributed by atoms with E-state index < -0.39 is 10.0 Å². The lowest BCUT2D eigenvalue weighted by Crippen LogP contribution is -2.20. The normalized spacial score (nSPS) is 15.5. The molecule has 0 fully saturated rings. The quantitative estimate of drug-likeness (QED) is 0.658. The molecular weight excluding hydrogens is 336 g/mol. The van der Waals surface area contributed by atoms with Gasteiger partial charge in [0.25, 0.3) is 10.0 Å². The summed E-state index contributed by atoms with van der Waals surface area (Å²) in [7, 11) is -3.69. The van der Waals surface area contributed by atoms with Crippen LogP contribution in [0.4, 0.5) is 0 Å². The molecule has 2 aromatic rings. The average Bonchev–Trinajstić information content (AvgIpc) is 3.02. The maximum absolute atomic E-state index is 12.4. The summed E-state index contributed by atoms with van der Waals surface area (Å²) in [5.74, 6) is 0.682. The molecule has 5 nitrogen and oxygen atoms in total. The van der Waals surface area contributed by atoms with Crippen LogP contribution in [-0.2, 0) is 16.4 Å². The van der Waals surface area contributed by atoms with E-state index in [-0.39, 0.29) is 4.90 Å². The molecule has 0 radical (unpaired) electrons. The Morgan fingerprint density at radius 2 is 1.88 bits per heavy atom. The minimum atomic E-state index is -3.69. The first-order valence-electron chi connectivity index (χ1n) is 8.06. The molecule has 0 aromatic heterocycles. The van der Waals surface area contributed by atoms with Gasteiger partial charge in [0, 0.05) is 5.56 Å². The minimum Gasteiger partial charge on any atom is -0.465 e. The molecule has 25 heavy (non-hydrogen) atoms. The van der Waals surface area contributed by atoms with Crippen molar-refractivity contribution in [1.82, 2.24) is 4.83 Å². The predicted molar refractivity (Wildman–Crippen MR) is 98.2 cm³/mol. The highest BCUT2D eigenvalue weighted by Gasteiger charge is 2.23. The van der Waals surface area contributed by atoms with Crippen LogP contribution in [-0.4, -0.2) is 14.1 Å². The molecule has 2 aromatic carbocycles. The van der Waals surface area contributed by atoms with Gasteiger partial charge in [-0.25, -0.2) is 0 Å². The molecule has 1 aliphatic carbocycles. The number of hydrazone groups is 1. The van der Waals surface area contributed by atoms with Gasteiger partial charge in [-0.2, -0.15) is 18.4 Å². The van der Waals surface area contributed by atoms with Crippen LogP contribution in [0.1, 0.15) is 30.0 Å². The number of aryl methyl sites for hydroxylation is 2. The van der Waals surface area contributed by atoms with E-state index in [0.717, 1.165) is 23.1 Å². The van der Waals surface area contributed by atoms with Gasteiger partial charge in [-0.05, 0) is 50.5 Å². The van der Waals surface area contributed by atoms with E-state index in [1.54, 1.807) is 36.6 Å². The molecule has 0 spiro atoms. The lowest BCUT2D eigenvalue weighted by atomic mass is 10.1. The van der Waals surface area contributed by atoms with E-state index in [0.29, 0.717) is 17.9 Å². The highest BCUT2D eigenvalue weighted by atomic mass is 32.2. The van der Waals surface area contributed by atoms with Gasteiger partial charge in [-0.3, -0.25) is 0 Å². The SMILES string of the molecule is C/C=C\Oc1cccc2c1/C(=N/NS(=O)(=O)c1ccc(C)cc1)CC2. The van der Waals surface area contributed by atoms with Gasteiger partial charge in [-0.15, -0.1) is 0 Å². The van der Waals surface area contributed by atoms with Crippen molar-refractivity contribution < 1.29 is 13.2 Å². The van der Waals surface area contributed by atoms with Gasteiger partial charge in [0.2, 0.25) is 0 Å². The maximum Gasteiger partial charge on any atom is 0.276 e. The van der Waals surface area contributed by atoms with Crippen molar-refractivity contribution >= 4 is 15.7 Å². The molecule has 0 bridgehead atoms. The number of ether oxygens (including phenoxy) is 1. The second-order valence-electron chi connectivity index (χ2n) is 5.84. The molecule has 3 rings (SSSR count). The number of sulfonamides is 1. The highest BCUT2D eigenvalue weighted by molar-refractivity contribution is 7.89. The highest BCUT2D eigenvalue weighted by Crippen LogP contribution is 2.31. The number of rotatable bonds is 5. The van der Waals surface area contributed by atoms with Gasteiger partial charge < -0.3 is 4.74 Å². The number of benzene rings is 2. The van der Waals surface area contributed by atoms with Gasteiger partial charge in [0.05, 0.1) is 16.9 Å². The molecule has 1 aliphatic rings. The van der Waals surface area contributed by atoms with E-state index in [1.807, 2.05) is 32.0 Å². The Morgan fingerprint density at radius 1 is 1.12 bits per heavy atom. The fourth-order valence-electron chi connectivity index (χ4n) is 2.73. The number of hydrogen-bond acceptors (Lipinski definition) is 4. The van der Waals surface area contributed by atoms with E-state index >= 15 is 0 Å². The smallest absolute Gasteiger partial charge is 0.276 e. The van der Waals surface area contributed by atoms with Crippen LogP contribution in [0.15, 0.2) is 64.8 Å². The van der Waals surface area contributed by atoms with Crippen molar-refractivity contribution in [3.8, 4) is 5.75 Å². The van der Waals surface area contributed by atoms with Crippen LogP contribution in [0.2, 0.25) is 0 Å². The lowest BCUT2D eigenvalue weighted by Gasteiger charge is -2.09. The minimum absolute atomic E-state index is 0.194. The number of fused-ring (bicyclic) bond motifs is 1. The summed E-state index contributed by atoms with van der Waals surface area (Å²) in [5.41, 5.74) is 3.66. The van der Waals surface area contributed by atoms with Crippen molar-refractivity contribution in [2.45, 2.75) is 31.6 Å². The Kier molecular flexibility index (Phi) is 4.90. The fraction of sp³-hybridized carbons (Fsp3) is 0.211. The maximum atomic E-state index is 12.4. The summed E-state index contributed by atoms with van der Waals surface area (Å²) >= 11 is 0. The summed E-state index contributed by atoms with van der Waals surface area (Å²) in [6.45, 7) is 3.78. The first-order chi connectivity index (χ1) is 12.0. The zero-order chi connectivity index (χ0) is 17.9. The van der Waals surface area contributed by atoms with E-state index in [4.69, 9.17) is 4.74 Å². The van der Waals surface area contributed by atoms with Crippen molar-refractivity contribution in [1.29, 1.82) is 0 Å². The Balaban J connectivity index is 1.89. The molecule has 0 amide bonds. The third kappa shape index (κ3) is 3.74. The zero-order valence-corrected chi connectivity index (χ0v) is 15.0. The molecule has 130 valence electrons. The second-order valence-corrected chi connectivity index (χ2v) is 7.50. The molecule has 1 N–H and O–H groups in total. The third-order valence-corrected chi connectivity index (χ3v) is 5.22. The molecule has 6 heteroatoms. The first-order valence-corrected chi connectivity index (χ1v) is 9.54. The van der Waals surface area contributed by atoms with Crippen LogP contribution < -0.4 is 9.57 Å². The number of hydrogen-bond donors (Lipinski definition) is 1. The largest absolute Gasteiger partial charge is 0.465 e. The van der Waals surface area contributed by atoms with Crippen LogP contribution >= 0.6 is 0 Å². The Bertz CT molecular complexity index is 930. The molecule has 0 atom stereocenters. The fourth-order valence-corrected chi connectivity index (χ4v) is 3.56. The molecule has 0 aliphatic heterocycles. The van der Waals surface area contributed by atoms with Crippen LogP contribution in [0.5, 0.6) is 5.75 Å². The van der Waals surface area contributed by atoms with E-state index in [2.05, 4.69) is 9.93 Å². The summed E-state index contributed by atoms with van der Waals surface area (Å²) in [6, 6.07) is 12.5. The van der Waals surface area contributed by atoms with Gasteiger partial charge >= 0.3 is 0 Å². The molecular formula is C19H20N2O3S. The predicted octanol–water partition coefficient (Wildman–Crippen LogP) is 3.54. The monoisotopic (exact) mass is 356 g/mol. The topological polar surface area (TPSA) is 67.8 Å². The van der Waals surface area contributed by atoms with Crippen molar-refractivity contribution in [3.05, 3.63) is 71.5 Å². The van der Waals surface area contributed by atoms with Crippen LogP contribution in [0, 0.1) is 6.92 Å². The lowest BCUT2D eigenvalue weighted by molar-refractivity contribution is 0.479. The van der Waals surface area contributed by atoms with Crippen molar-refractivity contribution in [2.75, 3.05) is 0 Å². The third-order valence-electron chi connectivity index (χ3n) is 4.00. The number of nitrogens with one attached hydrogen (secondary N) is 1. The second kappa shape index (κ2) is 7.11. The standard InChI is InChI=1S/C19H20N2O3S/c1-3-13-24-18-6-4-5-15-9-12-17(19(15)18)20-21-25(22,23)16-10-7-14(2)8-11-16/h3-8,10-11,13,21H,9,12H2,1-2H3/b13-3-,20-17+. The van der Waals surface area contributed by atoms with Gasteiger partial charge in [0.15, 0.2) is 0 Å². The number of nitrogens with zero attached hydrogens (tertiary/aromatic N) is 1. The number of allylic oxidation sites excluding steroid dienone is 1.